The van der Waals surface area contributed by atoms with Gasteiger partial charge >= 0.3 is 0 Å². The molecule has 1 atom stereocenters. The van der Waals surface area contributed by atoms with E-state index in [1.54, 1.807) is 12.4 Å². The highest BCUT2D eigenvalue weighted by atomic mass is 35.5. The van der Waals surface area contributed by atoms with E-state index in [2.05, 4.69) is 14.9 Å². The van der Waals surface area contributed by atoms with E-state index in [1.165, 1.54) is 32.4 Å². The number of aromatic nitrogens is 2. The van der Waals surface area contributed by atoms with Crippen LogP contribution in [-0.4, -0.2) is 28.0 Å². The molecule has 0 radical (unpaired) electrons. The van der Waals surface area contributed by atoms with Gasteiger partial charge in [0, 0.05) is 18.6 Å². The Balaban J connectivity index is 0.000000853. The minimum atomic E-state index is 0. The van der Waals surface area contributed by atoms with E-state index in [4.69, 9.17) is 0 Å². The maximum absolute atomic E-state index is 4.42. The summed E-state index contributed by atoms with van der Waals surface area (Å²) in [7, 11) is 0. The summed E-state index contributed by atoms with van der Waals surface area (Å²) in [6.07, 6.45) is 9.54. The Labute approximate surface area is 96.3 Å². The van der Waals surface area contributed by atoms with Crippen LogP contribution in [0.2, 0.25) is 0 Å². The van der Waals surface area contributed by atoms with Crippen LogP contribution in [0.1, 0.15) is 31.0 Å². The molecular weight excluding hydrogens is 210 g/mol. The third-order valence-electron chi connectivity index (χ3n) is 3.57. The Bertz CT molecular complexity index is 309. The van der Waals surface area contributed by atoms with Gasteiger partial charge in [-0.3, -0.25) is 14.9 Å². The smallest absolute Gasteiger partial charge is 0.0758 e. The fraction of sp³-hybridized carbons (Fsp3) is 0.636. The lowest BCUT2D eigenvalue weighted by Gasteiger charge is -2.44. The molecule has 0 spiro atoms. The number of fused-ring (bicyclic) bond motifs is 3. The van der Waals surface area contributed by atoms with Crippen molar-refractivity contribution in [3.8, 4) is 0 Å². The van der Waals surface area contributed by atoms with Gasteiger partial charge in [0.15, 0.2) is 0 Å². The van der Waals surface area contributed by atoms with Gasteiger partial charge in [0.05, 0.1) is 11.7 Å². The minimum absolute atomic E-state index is 0. The number of piperidine rings is 3. The molecule has 82 valence electrons. The van der Waals surface area contributed by atoms with Crippen LogP contribution in [0.3, 0.4) is 0 Å². The molecule has 0 aliphatic carbocycles. The topological polar surface area (TPSA) is 29.0 Å². The quantitative estimate of drug-likeness (QED) is 0.733. The molecule has 1 aromatic rings. The van der Waals surface area contributed by atoms with Crippen LogP contribution < -0.4 is 0 Å². The van der Waals surface area contributed by atoms with Gasteiger partial charge in [0.1, 0.15) is 0 Å². The Kier molecular flexibility index (Phi) is 3.22. The molecule has 1 unspecified atom stereocenters. The maximum Gasteiger partial charge on any atom is 0.0758 e. The summed E-state index contributed by atoms with van der Waals surface area (Å²) in [4.78, 5) is 11.1. The van der Waals surface area contributed by atoms with Crippen LogP contribution in [0.15, 0.2) is 18.6 Å². The van der Waals surface area contributed by atoms with Crippen molar-refractivity contribution in [3.63, 3.8) is 0 Å². The summed E-state index contributed by atoms with van der Waals surface area (Å²) < 4.78 is 0. The van der Waals surface area contributed by atoms with Crippen molar-refractivity contribution in [2.24, 2.45) is 5.92 Å². The number of halogens is 1. The van der Waals surface area contributed by atoms with Crippen LogP contribution in [0, 0.1) is 5.92 Å². The van der Waals surface area contributed by atoms with Crippen molar-refractivity contribution in [2.75, 3.05) is 13.1 Å². The average molecular weight is 226 g/mol. The molecule has 4 heterocycles. The number of rotatable bonds is 1. The summed E-state index contributed by atoms with van der Waals surface area (Å²) in [5, 5.41) is 0. The van der Waals surface area contributed by atoms with Gasteiger partial charge in [0.25, 0.3) is 0 Å². The van der Waals surface area contributed by atoms with Gasteiger partial charge in [-0.1, -0.05) is 0 Å². The first-order valence-corrected chi connectivity index (χ1v) is 5.43. The van der Waals surface area contributed by atoms with E-state index in [0.717, 1.165) is 11.6 Å². The first-order valence-electron chi connectivity index (χ1n) is 5.43. The van der Waals surface area contributed by atoms with Crippen LogP contribution in [0.25, 0.3) is 0 Å². The van der Waals surface area contributed by atoms with Crippen LogP contribution in [0.4, 0.5) is 0 Å². The molecule has 1 aromatic heterocycles. The molecule has 4 rings (SSSR count). The van der Waals surface area contributed by atoms with Crippen LogP contribution in [0.5, 0.6) is 0 Å². The zero-order valence-electron chi connectivity index (χ0n) is 8.67. The van der Waals surface area contributed by atoms with Crippen molar-refractivity contribution >= 4 is 12.4 Å². The van der Waals surface area contributed by atoms with Crippen LogP contribution in [-0.2, 0) is 0 Å². The SMILES string of the molecule is Cl.c1cnc(C2CC3CCN2CC3)cn1. The Morgan fingerprint density at radius 3 is 2.53 bits per heavy atom. The second kappa shape index (κ2) is 4.45. The fourth-order valence-corrected chi connectivity index (χ4v) is 2.76. The second-order valence-corrected chi connectivity index (χ2v) is 4.36. The van der Waals surface area contributed by atoms with E-state index < -0.39 is 0 Å². The Morgan fingerprint density at radius 2 is 2.00 bits per heavy atom. The van der Waals surface area contributed by atoms with Gasteiger partial charge < -0.3 is 0 Å². The predicted molar refractivity (Wildman–Crippen MR) is 60.9 cm³/mol. The predicted octanol–water partition coefficient (Wildman–Crippen LogP) is 2.06. The lowest BCUT2D eigenvalue weighted by atomic mass is 9.82. The van der Waals surface area contributed by atoms with E-state index in [-0.39, 0.29) is 12.4 Å². The minimum Gasteiger partial charge on any atom is -0.295 e. The largest absolute Gasteiger partial charge is 0.295 e. The van der Waals surface area contributed by atoms with Gasteiger partial charge in [-0.2, -0.15) is 0 Å². The molecular formula is C11H16ClN3. The summed E-state index contributed by atoms with van der Waals surface area (Å²) in [5.41, 5.74) is 1.16. The van der Waals surface area contributed by atoms with Gasteiger partial charge in [-0.25, -0.2) is 0 Å². The van der Waals surface area contributed by atoms with Crippen molar-refractivity contribution in [2.45, 2.75) is 25.3 Å². The molecule has 3 aliphatic rings. The molecule has 2 bridgehead atoms. The highest BCUT2D eigenvalue weighted by Crippen LogP contribution is 2.39. The van der Waals surface area contributed by atoms with Crippen molar-refractivity contribution in [3.05, 3.63) is 24.3 Å². The van der Waals surface area contributed by atoms with Gasteiger partial charge in [0.2, 0.25) is 0 Å². The molecule has 3 fully saturated rings. The molecule has 4 heteroatoms. The molecule has 0 amide bonds. The normalized spacial score (nSPS) is 33.5. The summed E-state index contributed by atoms with van der Waals surface area (Å²) in [6, 6.07) is 0.552. The van der Waals surface area contributed by atoms with Gasteiger partial charge in [-0.15, -0.1) is 12.4 Å². The number of nitrogens with zero attached hydrogens (tertiary/aromatic N) is 3. The standard InChI is InChI=1S/C11H15N3.ClH/c1-5-14-6-2-9(1)7-11(14)10-8-12-3-4-13-10;/h3-4,8-9,11H,1-2,5-7H2;1H. The molecule has 0 saturated carbocycles. The first-order chi connectivity index (χ1) is 6.93. The van der Waals surface area contributed by atoms with E-state index >= 15 is 0 Å². The molecule has 3 aliphatic heterocycles. The monoisotopic (exact) mass is 225 g/mol. The lowest BCUT2D eigenvalue weighted by Crippen LogP contribution is -2.43. The Morgan fingerprint density at radius 1 is 1.20 bits per heavy atom. The van der Waals surface area contributed by atoms with E-state index in [1.807, 2.05) is 6.20 Å². The summed E-state index contributed by atoms with van der Waals surface area (Å²) in [5.74, 6) is 0.937. The van der Waals surface area contributed by atoms with E-state index in [9.17, 15) is 0 Å². The second-order valence-electron chi connectivity index (χ2n) is 4.36. The van der Waals surface area contributed by atoms with Crippen molar-refractivity contribution in [1.82, 2.24) is 14.9 Å². The van der Waals surface area contributed by atoms with Crippen molar-refractivity contribution < 1.29 is 0 Å². The molecule has 0 aromatic carbocycles. The number of hydrogen-bond donors (Lipinski definition) is 0. The van der Waals surface area contributed by atoms with Gasteiger partial charge in [-0.05, 0) is 38.3 Å². The average Bonchev–Trinajstić information content (AvgIpc) is 2.32. The molecule has 15 heavy (non-hydrogen) atoms. The summed E-state index contributed by atoms with van der Waals surface area (Å²) in [6.45, 7) is 2.51. The Hall–Kier alpha value is -0.670. The number of hydrogen-bond acceptors (Lipinski definition) is 3. The van der Waals surface area contributed by atoms with Crippen LogP contribution >= 0.6 is 12.4 Å². The highest BCUT2D eigenvalue weighted by molar-refractivity contribution is 5.85. The third-order valence-corrected chi connectivity index (χ3v) is 3.57. The fourth-order valence-electron chi connectivity index (χ4n) is 2.76. The first kappa shape index (κ1) is 10.8. The highest BCUT2D eigenvalue weighted by Gasteiger charge is 2.34. The lowest BCUT2D eigenvalue weighted by molar-refractivity contribution is 0.0466. The summed E-state index contributed by atoms with van der Waals surface area (Å²) >= 11 is 0. The van der Waals surface area contributed by atoms with E-state index in [0.29, 0.717) is 6.04 Å². The third kappa shape index (κ3) is 1.99. The zero-order chi connectivity index (χ0) is 9.38. The maximum atomic E-state index is 4.42. The zero-order valence-corrected chi connectivity index (χ0v) is 9.49. The molecule has 3 nitrogen and oxygen atoms in total. The van der Waals surface area contributed by atoms with Crippen molar-refractivity contribution in [1.29, 1.82) is 0 Å². The molecule has 0 N–H and O–H groups in total. The molecule has 3 saturated heterocycles.